The summed E-state index contributed by atoms with van der Waals surface area (Å²) in [6.45, 7) is 1.96. The first-order valence-corrected chi connectivity index (χ1v) is 7.81. The third-order valence-electron chi connectivity index (χ3n) is 2.04. The van der Waals surface area contributed by atoms with E-state index in [1.165, 1.54) is 11.8 Å². The van der Waals surface area contributed by atoms with E-state index in [2.05, 4.69) is 15.2 Å². The molecule has 0 fully saturated rings. The molecule has 0 saturated heterocycles. The van der Waals surface area contributed by atoms with Gasteiger partial charge in [0.1, 0.15) is 5.03 Å². The van der Waals surface area contributed by atoms with Crippen molar-refractivity contribution < 1.29 is 0 Å². The molecule has 0 saturated carbocycles. The molecule has 0 aromatic carbocycles. The van der Waals surface area contributed by atoms with Crippen molar-refractivity contribution in [1.82, 2.24) is 15.2 Å². The van der Waals surface area contributed by atoms with Crippen molar-refractivity contribution in [3.63, 3.8) is 0 Å². The second-order valence-corrected chi connectivity index (χ2v) is 6.65. The van der Waals surface area contributed by atoms with E-state index in [4.69, 9.17) is 5.73 Å². The monoisotopic (exact) mass is 284 g/mol. The second-order valence-electron chi connectivity index (χ2n) is 3.36. The van der Waals surface area contributed by atoms with Crippen molar-refractivity contribution in [2.45, 2.75) is 26.7 Å². The molecule has 4 nitrogen and oxygen atoms in total. The van der Waals surface area contributed by atoms with Crippen LogP contribution < -0.4 is 5.73 Å². The minimum absolute atomic E-state index is 0.0218. The van der Waals surface area contributed by atoms with Gasteiger partial charge in [0.15, 0.2) is 8.68 Å². The van der Waals surface area contributed by atoms with E-state index in [1.54, 1.807) is 29.3 Å². The zero-order chi connectivity index (χ0) is 12.3. The highest BCUT2D eigenvalue weighted by Gasteiger charge is 2.07. The van der Waals surface area contributed by atoms with Crippen molar-refractivity contribution >= 4 is 34.9 Å². The van der Waals surface area contributed by atoms with Crippen molar-refractivity contribution in [1.29, 1.82) is 0 Å². The SMILES string of the molecule is CSc1nnc(Sc2cc(C(C)N)ccn2)s1. The van der Waals surface area contributed by atoms with E-state index < -0.39 is 0 Å². The number of pyridine rings is 1. The lowest BCUT2D eigenvalue weighted by molar-refractivity contribution is 0.808. The summed E-state index contributed by atoms with van der Waals surface area (Å²) in [5.41, 5.74) is 6.92. The molecule has 2 aromatic heterocycles. The highest BCUT2D eigenvalue weighted by molar-refractivity contribution is 8.02. The van der Waals surface area contributed by atoms with Crippen LogP contribution in [-0.4, -0.2) is 21.4 Å². The Morgan fingerprint density at radius 1 is 1.35 bits per heavy atom. The van der Waals surface area contributed by atoms with Crippen molar-refractivity contribution in [3.05, 3.63) is 23.9 Å². The van der Waals surface area contributed by atoms with Crippen LogP contribution in [-0.2, 0) is 0 Å². The van der Waals surface area contributed by atoms with Crippen molar-refractivity contribution in [3.8, 4) is 0 Å². The lowest BCUT2D eigenvalue weighted by atomic mass is 10.1. The molecule has 7 heteroatoms. The Bertz CT molecular complexity index is 498. The van der Waals surface area contributed by atoms with Gasteiger partial charge >= 0.3 is 0 Å². The molecular weight excluding hydrogens is 272 g/mol. The zero-order valence-corrected chi connectivity index (χ0v) is 11.9. The molecule has 17 heavy (non-hydrogen) atoms. The lowest BCUT2D eigenvalue weighted by Gasteiger charge is -2.05. The lowest BCUT2D eigenvalue weighted by Crippen LogP contribution is -2.04. The largest absolute Gasteiger partial charge is 0.324 e. The quantitative estimate of drug-likeness (QED) is 0.871. The maximum Gasteiger partial charge on any atom is 0.181 e. The van der Waals surface area contributed by atoms with Crippen molar-refractivity contribution in [2.24, 2.45) is 5.73 Å². The molecule has 0 spiro atoms. The van der Waals surface area contributed by atoms with E-state index in [-0.39, 0.29) is 6.04 Å². The Balaban J connectivity index is 2.15. The van der Waals surface area contributed by atoms with Gasteiger partial charge in [-0.15, -0.1) is 10.2 Å². The van der Waals surface area contributed by atoms with E-state index in [0.717, 1.165) is 19.3 Å². The highest BCUT2D eigenvalue weighted by atomic mass is 32.2. The fourth-order valence-corrected chi connectivity index (χ4v) is 3.57. The van der Waals surface area contributed by atoms with Crippen LogP contribution in [0.2, 0.25) is 0 Å². The van der Waals surface area contributed by atoms with Crippen LogP contribution in [0, 0.1) is 0 Å². The Hall–Kier alpha value is -0.630. The average molecular weight is 284 g/mol. The summed E-state index contributed by atoms with van der Waals surface area (Å²) in [4.78, 5) is 4.29. The fourth-order valence-electron chi connectivity index (χ4n) is 1.17. The van der Waals surface area contributed by atoms with Crippen LogP contribution in [0.3, 0.4) is 0 Å². The first kappa shape index (κ1) is 12.8. The van der Waals surface area contributed by atoms with Gasteiger partial charge < -0.3 is 5.73 Å². The molecular formula is C10H12N4S3. The van der Waals surface area contributed by atoms with E-state index >= 15 is 0 Å². The number of nitrogens with two attached hydrogens (primary N) is 1. The molecule has 1 unspecified atom stereocenters. The number of thioether (sulfide) groups is 1. The van der Waals surface area contributed by atoms with Crippen LogP contribution in [0.5, 0.6) is 0 Å². The molecule has 2 aromatic rings. The number of rotatable bonds is 4. The van der Waals surface area contributed by atoms with Gasteiger partial charge in [0.25, 0.3) is 0 Å². The standard InChI is InChI=1S/C10H12N4S3/c1-6(11)7-3-4-12-8(5-7)16-10-14-13-9(15-2)17-10/h3-6H,11H2,1-2H3. The minimum Gasteiger partial charge on any atom is -0.324 e. The van der Waals surface area contributed by atoms with Gasteiger partial charge in [-0.05, 0) is 42.6 Å². The van der Waals surface area contributed by atoms with Gasteiger partial charge in [-0.1, -0.05) is 23.1 Å². The smallest absolute Gasteiger partial charge is 0.181 e. The summed E-state index contributed by atoms with van der Waals surface area (Å²) in [5, 5.41) is 9.05. The van der Waals surface area contributed by atoms with Gasteiger partial charge in [-0.3, -0.25) is 0 Å². The summed E-state index contributed by atoms with van der Waals surface area (Å²) in [7, 11) is 0. The molecule has 0 aliphatic rings. The zero-order valence-electron chi connectivity index (χ0n) is 9.45. The Morgan fingerprint density at radius 3 is 2.76 bits per heavy atom. The van der Waals surface area contributed by atoms with E-state index in [9.17, 15) is 0 Å². The van der Waals surface area contributed by atoms with Crippen LogP contribution in [0.15, 0.2) is 32.0 Å². The van der Waals surface area contributed by atoms with E-state index in [0.29, 0.717) is 0 Å². The molecule has 2 rings (SSSR count). The summed E-state index contributed by atoms with van der Waals surface area (Å²) < 4.78 is 1.87. The Labute approximate surface area is 112 Å². The van der Waals surface area contributed by atoms with Gasteiger partial charge in [0.2, 0.25) is 0 Å². The predicted octanol–water partition coefficient (Wildman–Crippen LogP) is 2.83. The molecule has 2 heterocycles. The normalized spacial score (nSPS) is 12.6. The number of hydrogen-bond donors (Lipinski definition) is 1. The number of aromatic nitrogens is 3. The summed E-state index contributed by atoms with van der Waals surface area (Å²) in [5.74, 6) is 0. The molecule has 0 radical (unpaired) electrons. The molecule has 90 valence electrons. The first-order valence-electron chi connectivity index (χ1n) is 4.96. The highest BCUT2D eigenvalue weighted by Crippen LogP contribution is 2.32. The summed E-state index contributed by atoms with van der Waals surface area (Å²) >= 11 is 4.69. The Morgan fingerprint density at radius 2 is 2.12 bits per heavy atom. The van der Waals surface area contributed by atoms with Crippen LogP contribution in [0.1, 0.15) is 18.5 Å². The van der Waals surface area contributed by atoms with Crippen LogP contribution in [0.4, 0.5) is 0 Å². The van der Waals surface area contributed by atoms with Gasteiger partial charge in [-0.2, -0.15) is 0 Å². The van der Waals surface area contributed by atoms with Crippen molar-refractivity contribution in [2.75, 3.05) is 6.26 Å². The Kier molecular flexibility index (Phi) is 4.38. The van der Waals surface area contributed by atoms with Gasteiger partial charge in [0.05, 0.1) is 0 Å². The molecule has 2 N–H and O–H groups in total. The molecule has 0 aliphatic carbocycles. The molecule has 0 bridgehead atoms. The second kappa shape index (κ2) is 5.81. The molecule has 1 atom stereocenters. The fraction of sp³-hybridized carbons (Fsp3) is 0.300. The summed E-state index contributed by atoms with van der Waals surface area (Å²) in [6, 6.07) is 3.95. The molecule has 0 aliphatic heterocycles. The summed E-state index contributed by atoms with van der Waals surface area (Å²) in [6.07, 6.45) is 3.77. The minimum atomic E-state index is 0.0218. The number of hydrogen-bond acceptors (Lipinski definition) is 7. The van der Waals surface area contributed by atoms with Crippen LogP contribution in [0.25, 0.3) is 0 Å². The predicted molar refractivity (Wildman–Crippen MR) is 72.7 cm³/mol. The first-order chi connectivity index (χ1) is 8.19. The van der Waals surface area contributed by atoms with E-state index in [1.807, 2.05) is 25.3 Å². The maximum atomic E-state index is 5.84. The third kappa shape index (κ3) is 3.41. The number of nitrogens with zero attached hydrogens (tertiary/aromatic N) is 3. The van der Waals surface area contributed by atoms with Gasteiger partial charge in [-0.25, -0.2) is 4.98 Å². The maximum absolute atomic E-state index is 5.84. The molecule has 0 amide bonds. The van der Waals surface area contributed by atoms with Crippen LogP contribution >= 0.6 is 34.9 Å². The topological polar surface area (TPSA) is 64.7 Å². The third-order valence-corrected chi connectivity index (χ3v) is 4.92. The van der Waals surface area contributed by atoms with Gasteiger partial charge in [0, 0.05) is 12.2 Å². The average Bonchev–Trinajstić information content (AvgIpc) is 2.77.